The fourth-order valence-electron chi connectivity index (χ4n) is 1.83. The van der Waals surface area contributed by atoms with E-state index in [1.54, 1.807) is 14.1 Å². The van der Waals surface area contributed by atoms with Gasteiger partial charge in [-0.2, -0.15) is 5.10 Å². The average molecular weight is 327 g/mol. The van der Waals surface area contributed by atoms with Gasteiger partial charge in [0.2, 0.25) is 0 Å². The zero-order valence-electron chi connectivity index (χ0n) is 14.6. The van der Waals surface area contributed by atoms with Crippen LogP contribution in [0.4, 0.5) is 4.79 Å². The number of carbonyl (C=O) groups is 1. The first-order valence-corrected chi connectivity index (χ1v) is 7.43. The van der Waals surface area contributed by atoms with Crippen molar-refractivity contribution in [2.24, 2.45) is 7.05 Å². The molecule has 0 aromatic carbocycles. The number of likely N-dealkylation sites (N-methyl/N-ethyl adjacent to an activating group) is 1. The van der Waals surface area contributed by atoms with Gasteiger partial charge in [0.25, 0.3) is 0 Å². The zero-order valence-corrected chi connectivity index (χ0v) is 14.6. The molecule has 0 fully saturated rings. The second-order valence-electron chi connectivity index (χ2n) is 6.53. The number of aromatic nitrogens is 2. The van der Waals surface area contributed by atoms with Crippen LogP contribution in [0.25, 0.3) is 0 Å². The molecular formula is C14H26BN3O5. The van der Waals surface area contributed by atoms with Gasteiger partial charge in [-0.25, -0.2) is 4.79 Å². The standard InChI is InChI=1S/C14H26BN3O5/c1-10(18(6)13(19)23-14(2,3)4)8-22-9-12-11(15(20)21)7-17(5)16-12/h7,10,20-21H,8-9H2,1-6H3. The van der Waals surface area contributed by atoms with Crippen molar-refractivity contribution in [3.05, 3.63) is 11.9 Å². The SMILES string of the molecule is CC(COCc1nn(C)cc1B(O)O)N(C)C(=O)OC(C)(C)C. The van der Waals surface area contributed by atoms with Crippen LogP contribution in [-0.2, 0) is 23.1 Å². The maximum absolute atomic E-state index is 11.9. The summed E-state index contributed by atoms with van der Waals surface area (Å²) in [6, 6.07) is -0.198. The molecule has 0 bridgehead atoms. The van der Waals surface area contributed by atoms with Gasteiger partial charge in [0.05, 0.1) is 24.9 Å². The predicted molar refractivity (Wildman–Crippen MR) is 86.1 cm³/mol. The van der Waals surface area contributed by atoms with Gasteiger partial charge in [-0.05, 0) is 27.7 Å². The highest BCUT2D eigenvalue weighted by Crippen LogP contribution is 2.11. The van der Waals surface area contributed by atoms with Crippen molar-refractivity contribution in [2.75, 3.05) is 13.7 Å². The van der Waals surface area contributed by atoms with Crippen molar-refractivity contribution in [3.8, 4) is 0 Å². The quantitative estimate of drug-likeness (QED) is 0.707. The predicted octanol–water partition coefficient (Wildman–Crippen LogP) is -0.128. The van der Waals surface area contributed by atoms with E-state index >= 15 is 0 Å². The van der Waals surface area contributed by atoms with Gasteiger partial charge in [0, 0.05) is 25.8 Å². The van der Waals surface area contributed by atoms with E-state index in [0.717, 1.165) is 0 Å². The molecule has 1 aromatic rings. The molecule has 1 atom stereocenters. The Morgan fingerprint density at radius 2 is 2.09 bits per heavy atom. The third-order valence-corrected chi connectivity index (χ3v) is 3.16. The van der Waals surface area contributed by atoms with Crippen LogP contribution in [-0.4, -0.2) is 63.2 Å². The van der Waals surface area contributed by atoms with E-state index in [9.17, 15) is 14.8 Å². The second kappa shape index (κ2) is 7.80. The van der Waals surface area contributed by atoms with E-state index in [-0.39, 0.29) is 19.3 Å². The van der Waals surface area contributed by atoms with Crippen LogP contribution in [0, 0.1) is 0 Å². The van der Waals surface area contributed by atoms with Gasteiger partial charge in [-0.15, -0.1) is 0 Å². The molecule has 1 unspecified atom stereocenters. The smallest absolute Gasteiger partial charge is 0.444 e. The first-order valence-electron chi connectivity index (χ1n) is 7.43. The summed E-state index contributed by atoms with van der Waals surface area (Å²) in [5, 5.41) is 22.7. The Balaban J connectivity index is 2.50. The molecule has 23 heavy (non-hydrogen) atoms. The molecule has 0 saturated heterocycles. The van der Waals surface area contributed by atoms with Gasteiger partial charge in [-0.3, -0.25) is 4.68 Å². The molecular weight excluding hydrogens is 301 g/mol. The highest BCUT2D eigenvalue weighted by molar-refractivity contribution is 6.59. The van der Waals surface area contributed by atoms with E-state index in [2.05, 4.69) is 5.10 Å². The van der Waals surface area contributed by atoms with Crippen molar-refractivity contribution in [2.45, 2.75) is 45.9 Å². The molecule has 8 nitrogen and oxygen atoms in total. The van der Waals surface area contributed by atoms with Crippen molar-refractivity contribution < 1.29 is 24.3 Å². The van der Waals surface area contributed by atoms with Gasteiger partial charge in [0.1, 0.15) is 5.60 Å². The van der Waals surface area contributed by atoms with Crippen molar-refractivity contribution in [3.63, 3.8) is 0 Å². The minimum absolute atomic E-state index is 0.125. The lowest BCUT2D eigenvalue weighted by Crippen LogP contribution is -2.41. The first-order chi connectivity index (χ1) is 10.5. The van der Waals surface area contributed by atoms with E-state index in [1.807, 2.05) is 27.7 Å². The number of hydrogen-bond acceptors (Lipinski definition) is 6. The van der Waals surface area contributed by atoms with Crippen LogP contribution < -0.4 is 5.46 Å². The number of hydrogen-bond donors (Lipinski definition) is 2. The average Bonchev–Trinajstić information content (AvgIpc) is 2.77. The number of rotatable bonds is 6. The van der Waals surface area contributed by atoms with Crippen LogP contribution in [0.15, 0.2) is 6.20 Å². The van der Waals surface area contributed by atoms with Crippen LogP contribution in [0.3, 0.4) is 0 Å². The van der Waals surface area contributed by atoms with Crippen LogP contribution in [0.2, 0.25) is 0 Å². The van der Waals surface area contributed by atoms with Gasteiger partial charge < -0.3 is 24.4 Å². The molecule has 130 valence electrons. The number of ether oxygens (including phenoxy) is 2. The Kier molecular flexibility index (Phi) is 6.61. The first kappa shape index (κ1) is 19.5. The van der Waals surface area contributed by atoms with Crippen molar-refractivity contribution in [1.82, 2.24) is 14.7 Å². The summed E-state index contributed by atoms with van der Waals surface area (Å²) in [4.78, 5) is 13.4. The highest BCUT2D eigenvalue weighted by atomic mass is 16.6. The molecule has 0 saturated carbocycles. The minimum atomic E-state index is -1.59. The largest absolute Gasteiger partial charge is 0.492 e. The topological polar surface area (TPSA) is 97.0 Å². The number of aryl methyl sites for hydroxylation is 1. The fraction of sp³-hybridized carbons (Fsp3) is 0.714. The molecule has 2 N–H and O–H groups in total. The fourth-order valence-corrected chi connectivity index (χ4v) is 1.83. The Bertz CT molecular complexity index is 527. The summed E-state index contributed by atoms with van der Waals surface area (Å²) >= 11 is 0. The van der Waals surface area contributed by atoms with Crippen LogP contribution in [0.1, 0.15) is 33.4 Å². The molecule has 0 aliphatic rings. The molecule has 1 amide bonds. The highest BCUT2D eigenvalue weighted by Gasteiger charge is 2.24. The van der Waals surface area contributed by atoms with Gasteiger partial charge >= 0.3 is 13.2 Å². The third kappa shape index (κ3) is 6.21. The number of amides is 1. The summed E-state index contributed by atoms with van der Waals surface area (Å²) in [5.41, 5.74) is 0.210. The molecule has 1 rings (SSSR count). The summed E-state index contributed by atoms with van der Waals surface area (Å²) in [7, 11) is 1.74. The summed E-state index contributed by atoms with van der Waals surface area (Å²) < 4.78 is 12.3. The zero-order chi connectivity index (χ0) is 17.8. The Morgan fingerprint density at radius 3 is 2.61 bits per heavy atom. The Hall–Kier alpha value is -1.58. The van der Waals surface area contributed by atoms with Crippen LogP contribution in [0.5, 0.6) is 0 Å². The molecule has 1 heterocycles. The van der Waals surface area contributed by atoms with Crippen molar-refractivity contribution >= 4 is 18.7 Å². The molecule has 1 aromatic heterocycles. The third-order valence-electron chi connectivity index (χ3n) is 3.16. The Morgan fingerprint density at radius 1 is 1.48 bits per heavy atom. The van der Waals surface area contributed by atoms with Gasteiger partial charge in [0.15, 0.2) is 0 Å². The molecule has 0 aliphatic carbocycles. The summed E-state index contributed by atoms with van der Waals surface area (Å²) in [5.74, 6) is 0. The molecule has 0 spiro atoms. The van der Waals surface area contributed by atoms with Crippen LogP contribution >= 0.6 is 0 Å². The lowest BCUT2D eigenvalue weighted by atomic mass is 9.81. The van der Waals surface area contributed by atoms with Gasteiger partial charge in [-0.1, -0.05) is 0 Å². The van der Waals surface area contributed by atoms with E-state index < -0.39 is 18.8 Å². The summed E-state index contributed by atoms with van der Waals surface area (Å²) in [6.45, 7) is 7.66. The lowest BCUT2D eigenvalue weighted by molar-refractivity contribution is 0.00894. The van der Waals surface area contributed by atoms with E-state index in [1.165, 1.54) is 15.8 Å². The van der Waals surface area contributed by atoms with E-state index in [0.29, 0.717) is 11.2 Å². The maximum Gasteiger partial charge on any atom is 0.492 e. The van der Waals surface area contributed by atoms with E-state index in [4.69, 9.17) is 9.47 Å². The summed E-state index contributed by atoms with van der Waals surface area (Å²) in [6.07, 6.45) is 1.11. The lowest BCUT2D eigenvalue weighted by Gasteiger charge is -2.28. The molecule has 0 radical (unpaired) electrons. The number of carbonyl (C=O) groups excluding carboxylic acids is 1. The monoisotopic (exact) mass is 327 g/mol. The molecule has 9 heteroatoms. The normalized spacial score (nSPS) is 12.9. The Labute approximate surface area is 137 Å². The number of nitrogens with zero attached hydrogens (tertiary/aromatic N) is 3. The van der Waals surface area contributed by atoms with Crippen molar-refractivity contribution in [1.29, 1.82) is 0 Å². The second-order valence-corrected chi connectivity index (χ2v) is 6.53. The maximum atomic E-state index is 11.9. The minimum Gasteiger partial charge on any atom is -0.444 e. The molecule has 0 aliphatic heterocycles.